The van der Waals surface area contributed by atoms with Crippen LogP contribution in [0.4, 0.5) is 0 Å². The Hall–Kier alpha value is -3.02. The van der Waals surface area contributed by atoms with E-state index >= 15 is 0 Å². The van der Waals surface area contributed by atoms with Crippen LogP contribution in [0.15, 0.2) is 49.1 Å². The van der Waals surface area contributed by atoms with Gasteiger partial charge >= 0.3 is 0 Å². The fourth-order valence-corrected chi connectivity index (χ4v) is 3.01. The molecule has 0 bridgehead atoms. The van der Waals surface area contributed by atoms with Gasteiger partial charge in [-0.25, -0.2) is 9.97 Å². The van der Waals surface area contributed by atoms with Gasteiger partial charge in [-0.15, -0.1) is 0 Å². The first kappa shape index (κ1) is 16.4. The summed E-state index contributed by atoms with van der Waals surface area (Å²) in [5, 5.41) is 2.19. The molecule has 0 aliphatic heterocycles. The number of nitrogens with zero attached hydrogens (tertiary/aromatic N) is 4. The maximum atomic E-state index is 5.79. The van der Waals surface area contributed by atoms with E-state index in [4.69, 9.17) is 9.47 Å². The number of rotatable bonds is 7. The van der Waals surface area contributed by atoms with E-state index in [1.165, 1.54) is 0 Å². The van der Waals surface area contributed by atoms with Crippen molar-refractivity contribution in [3.8, 4) is 11.5 Å². The third kappa shape index (κ3) is 3.35. The summed E-state index contributed by atoms with van der Waals surface area (Å²) in [7, 11) is 3.97. The lowest BCUT2D eigenvalue weighted by molar-refractivity contribution is 0.266. The molecule has 4 aromatic rings. The molecule has 0 aromatic carbocycles. The SMILES string of the molecule is Cn1ccc2cc(OCCCCOc3cnc4c(ccn4C)c3)cnc21. The van der Waals surface area contributed by atoms with Crippen LogP contribution in [0, 0.1) is 0 Å². The summed E-state index contributed by atoms with van der Waals surface area (Å²) < 4.78 is 15.6. The Kier molecular flexibility index (Phi) is 4.48. The molecule has 0 atom stereocenters. The third-order valence-electron chi connectivity index (χ3n) is 4.44. The van der Waals surface area contributed by atoms with E-state index in [2.05, 4.69) is 9.97 Å². The molecule has 0 fully saturated rings. The molecule has 0 radical (unpaired) electrons. The lowest BCUT2D eigenvalue weighted by atomic mass is 10.3. The first-order chi connectivity index (χ1) is 12.7. The second-order valence-electron chi connectivity index (χ2n) is 6.43. The molecule has 134 valence electrons. The maximum Gasteiger partial charge on any atom is 0.139 e. The second kappa shape index (κ2) is 7.07. The lowest BCUT2D eigenvalue weighted by Crippen LogP contribution is -2.03. The number of hydrogen-bond acceptors (Lipinski definition) is 4. The van der Waals surface area contributed by atoms with Gasteiger partial charge in [-0.3, -0.25) is 0 Å². The minimum atomic E-state index is 0.652. The highest BCUT2D eigenvalue weighted by Gasteiger charge is 2.03. The maximum absolute atomic E-state index is 5.79. The van der Waals surface area contributed by atoms with Crippen molar-refractivity contribution in [2.24, 2.45) is 14.1 Å². The van der Waals surface area contributed by atoms with E-state index in [9.17, 15) is 0 Å². The Morgan fingerprint density at radius 3 is 1.69 bits per heavy atom. The van der Waals surface area contributed by atoms with Crippen LogP contribution < -0.4 is 9.47 Å². The van der Waals surface area contributed by atoms with Crippen LogP contribution in [-0.4, -0.2) is 32.3 Å². The largest absolute Gasteiger partial charge is 0.492 e. The van der Waals surface area contributed by atoms with Crippen molar-refractivity contribution < 1.29 is 9.47 Å². The van der Waals surface area contributed by atoms with Crippen LogP contribution >= 0.6 is 0 Å². The molecule has 0 aliphatic rings. The molecule has 0 spiro atoms. The molecule has 6 nitrogen and oxygen atoms in total. The van der Waals surface area contributed by atoms with Gasteiger partial charge in [0, 0.05) is 37.3 Å². The van der Waals surface area contributed by atoms with Gasteiger partial charge in [0.15, 0.2) is 0 Å². The van der Waals surface area contributed by atoms with E-state index in [-0.39, 0.29) is 0 Å². The molecule has 26 heavy (non-hydrogen) atoms. The van der Waals surface area contributed by atoms with E-state index in [0.29, 0.717) is 13.2 Å². The molecular weight excluding hydrogens is 328 g/mol. The summed E-state index contributed by atoms with van der Waals surface area (Å²) in [6, 6.07) is 8.14. The van der Waals surface area contributed by atoms with Gasteiger partial charge in [0.05, 0.1) is 25.6 Å². The lowest BCUT2D eigenvalue weighted by Gasteiger charge is -2.08. The van der Waals surface area contributed by atoms with Crippen molar-refractivity contribution in [1.82, 2.24) is 19.1 Å². The molecule has 0 amide bonds. The topological polar surface area (TPSA) is 54.1 Å². The predicted octanol–water partition coefficient (Wildman–Crippen LogP) is 3.70. The zero-order valence-electron chi connectivity index (χ0n) is 15.1. The summed E-state index contributed by atoms with van der Waals surface area (Å²) in [6.07, 6.45) is 9.40. The van der Waals surface area contributed by atoms with Crippen LogP contribution in [0.25, 0.3) is 22.1 Å². The Balaban J connectivity index is 1.21. The van der Waals surface area contributed by atoms with Crippen molar-refractivity contribution in [1.29, 1.82) is 0 Å². The highest BCUT2D eigenvalue weighted by atomic mass is 16.5. The van der Waals surface area contributed by atoms with Crippen LogP contribution in [0.1, 0.15) is 12.8 Å². The molecular formula is C20H22N4O2. The average molecular weight is 350 g/mol. The highest BCUT2D eigenvalue weighted by Crippen LogP contribution is 2.20. The molecule has 0 N–H and O–H groups in total. The molecule has 4 rings (SSSR count). The molecule has 0 aliphatic carbocycles. The van der Waals surface area contributed by atoms with Crippen molar-refractivity contribution in [3.05, 3.63) is 49.1 Å². The smallest absolute Gasteiger partial charge is 0.139 e. The number of aryl methyl sites for hydroxylation is 2. The van der Waals surface area contributed by atoms with E-state index in [1.807, 2.05) is 59.9 Å². The summed E-state index contributed by atoms with van der Waals surface area (Å²) in [5.74, 6) is 1.62. The monoisotopic (exact) mass is 350 g/mol. The minimum absolute atomic E-state index is 0.652. The fraction of sp³-hybridized carbons (Fsp3) is 0.300. The predicted molar refractivity (Wildman–Crippen MR) is 102 cm³/mol. The number of pyridine rings is 2. The van der Waals surface area contributed by atoms with Crippen LogP contribution in [0.2, 0.25) is 0 Å². The Morgan fingerprint density at radius 2 is 1.23 bits per heavy atom. The minimum Gasteiger partial charge on any atom is -0.492 e. The Labute approximate surface area is 152 Å². The first-order valence-electron chi connectivity index (χ1n) is 8.78. The average Bonchev–Trinajstić information content (AvgIpc) is 3.21. The van der Waals surface area contributed by atoms with Gasteiger partial charge in [-0.05, 0) is 37.1 Å². The number of unbranched alkanes of at least 4 members (excludes halogenated alkanes) is 1. The van der Waals surface area contributed by atoms with E-state index < -0.39 is 0 Å². The zero-order chi connectivity index (χ0) is 17.9. The van der Waals surface area contributed by atoms with Crippen molar-refractivity contribution in [3.63, 3.8) is 0 Å². The number of fused-ring (bicyclic) bond motifs is 2. The highest BCUT2D eigenvalue weighted by molar-refractivity contribution is 5.77. The van der Waals surface area contributed by atoms with Gasteiger partial charge in [-0.1, -0.05) is 0 Å². The quantitative estimate of drug-likeness (QED) is 0.477. The van der Waals surface area contributed by atoms with Crippen LogP contribution in [0.3, 0.4) is 0 Å². The summed E-state index contributed by atoms with van der Waals surface area (Å²) in [5.41, 5.74) is 1.93. The molecule has 6 heteroatoms. The van der Waals surface area contributed by atoms with Gasteiger partial charge in [0.1, 0.15) is 22.8 Å². The normalized spacial score (nSPS) is 11.3. The van der Waals surface area contributed by atoms with E-state index in [1.54, 1.807) is 12.4 Å². The van der Waals surface area contributed by atoms with Gasteiger partial charge < -0.3 is 18.6 Å². The molecule has 4 aromatic heterocycles. The second-order valence-corrected chi connectivity index (χ2v) is 6.43. The zero-order valence-corrected chi connectivity index (χ0v) is 15.1. The van der Waals surface area contributed by atoms with Crippen LogP contribution in [0.5, 0.6) is 11.5 Å². The van der Waals surface area contributed by atoms with Gasteiger partial charge in [0.25, 0.3) is 0 Å². The van der Waals surface area contributed by atoms with Crippen molar-refractivity contribution in [2.75, 3.05) is 13.2 Å². The van der Waals surface area contributed by atoms with Crippen molar-refractivity contribution in [2.45, 2.75) is 12.8 Å². The standard InChI is InChI=1S/C20H22N4O2/c1-23-7-5-15-11-17(13-21-19(15)23)25-9-3-4-10-26-18-12-16-6-8-24(2)20(16)22-14-18/h5-8,11-14H,3-4,9-10H2,1-2H3. The molecule has 0 saturated heterocycles. The number of hydrogen-bond donors (Lipinski definition) is 0. The van der Waals surface area contributed by atoms with Gasteiger partial charge in [-0.2, -0.15) is 0 Å². The third-order valence-corrected chi connectivity index (χ3v) is 4.44. The molecule has 0 unspecified atom stereocenters. The van der Waals surface area contributed by atoms with Crippen LogP contribution in [-0.2, 0) is 14.1 Å². The first-order valence-corrected chi connectivity index (χ1v) is 8.78. The summed E-state index contributed by atoms with van der Waals surface area (Å²) in [4.78, 5) is 8.85. The summed E-state index contributed by atoms with van der Waals surface area (Å²) >= 11 is 0. The molecule has 4 heterocycles. The summed E-state index contributed by atoms with van der Waals surface area (Å²) in [6.45, 7) is 1.30. The Morgan fingerprint density at radius 1 is 0.769 bits per heavy atom. The van der Waals surface area contributed by atoms with Gasteiger partial charge in [0.2, 0.25) is 0 Å². The fourth-order valence-electron chi connectivity index (χ4n) is 3.01. The Bertz CT molecular complexity index is 951. The van der Waals surface area contributed by atoms with Crippen molar-refractivity contribution >= 4 is 22.1 Å². The van der Waals surface area contributed by atoms with E-state index in [0.717, 1.165) is 46.4 Å². The molecule has 0 saturated carbocycles. The number of aromatic nitrogens is 4. The number of ether oxygens (including phenoxy) is 2.